The molecule has 0 fully saturated rings. The maximum absolute atomic E-state index is 13.6. The Morgan fingerprint density at radius 1 is 1.43 bits per heavy atom. The van der Waals surface area contributed by atoms with E-state index in [1.807, 2.05) is 13.0 Å². The lowest BCUT2D eigenvalue weighted by atomic mass is 10.1. The molecule has 1 atom stereocenters. The minimum absolute atomic E-state index is 0.0311. The molecule has 0 aliphatic rings. The number of nitrogens with zero attached hydrogens (tertiary/aromatic N) is 1. The first-order valence-corrected chi connectivity index (χ1v) is 6.67. The van der Waals surface area contributed by atoms with E-state index in [-0.39, 0.29) is 22.4 Å². The molecule has 1 aromatic carbocycles. The number of anilines is 1. The highest BCUT2D eigenvalue weighted by Crippen LogP contribution is 2.23. The lowest BCUT2D eigenvalue weighted by Gasteiger charge is -2.16. The van der Waals surface area contributed by atoms with E-state index < -0.39 is 5.97 Å². The van der Waals surface area contributed by atoms with Crippen LogP contribution in [0.15, 0.2) is 30.5 Å². The summed E-state index contributed by atoms with van der Waals surface area (Å²) in [5.74, 6) is -1.04. The number of hydrogen-bond donors (Lipinski definition) is 2. The van der Waals surface area contributed by atoms with E-state index in [4.69, 9.17) is 16.7 Å². The highest BCUT2D eigenvalue weighted by Gasteiger charge is 2.13. The van der Waals surface area contributed by atoms with Crippen molar-refractivity contribution >= 4 is 23.4 Å². The normalized spacial score (nSPS) is 12.0. The Morgan fingerprint density at radius 3 is 2.76 bits per heavy atom. The summed E-state index contributed by atoms with van der Waals surface area (Å²) < 4.78 is 13.6. The van der Waals surface area contributed by atoms with Crippen molar-refractivity contribution in [2.24, 2.45) is 0 Å². The first kappa shape index (κ1) is 15.3. The Morgan fingerprint density at radius 2 is 2.14 bits per heavy atom. The number of halogens is 2. The molecule has 1 aromatic heterocycles. The van der Waals surface area contributed by atoms with Crippen LogP contribution in [-0.2, 0) is 0 Å². The molecule has 0 aliphatic carbocycles. The zero-order valence-electron chi connectivity index (χ0n) is 11.5. The fourth-order valence-corrected chi connectivity index (χ4v) is 2.05. The molecule has 0 bridgehead atoms. The average molecular weight is 309 g/mol. The average Bonchev–Trinajstić information content (AvgIpc) is 2.43. The summed E-state index contributed by atoms with van der Waals surface area (Å²) in [6.45, 7) is 3.53. The molecular formula is C15H14ClFN2O2. The quantitative estimate of drug-likeness (QED) is 0.894. The number of hydrogen-bond acceptors (Lipinski definition) is 3. The Hall–Kier alpha value is -2.14. The predicted octanol–water partition coefficient (Wildman–Crippen LogP) is 4.05. The Kier molecular flexibility index (Phi) is 4.43. The molecule has 0 radical (unpaired) electrons. The molecule has 2 aromatic rings. The number of benzene rings is 1. The monoisotopic (exact) mass is 308 g/mol. The maximum atomic E-state index is 13.6. The lowest BCUT2D eigenvalue weighted by Crippen LogP contribution is -2.10. The number of pyridine rings is 1. The van der Waals surface area contributed by atoms with Gasteiger partial charge in [0.1, 0.15) is 11.6 Å². The van der Waals surface area contributed by atoms with Crippen LogP contribution in [0.1, 0.15) is 34.5 Å². The molecule has 1 unspecified atom stereocenters. The molecule has 21 heavy (non-hydrogen) atoms. The van der Waals surface area contributed by atoms with Crippen molar-refractivity contribution in [1.82, 2.24) is 4.98 Å². The van der Waals surface area contributed by atoms with Crippen molar-refractivity contribution in [2.75, 3.05) is 5.32 Å². The Balaban J connectivity index is 2.23. The van der Waals surface area contributed by atoms with Crippen molar-refractivity contribution in [1.29, 1.82) is 0 Å². The van der Waals surface area contributed by atoms with Gasteiger partial charge in [0.15, 0.2) is 0 Å². The number of carboxylic acid groups (broad SMARTS) is 1. The molecule has 110 valence electrons. The van der Waals surface area contributed by atoms with Gasteiger partial charge in [-0.25, -0.2) is 14.2 Å². The molecule has 0 saturated heterocycles. The van der Waals surface area contributed by atoms with E-state index in [0.717, 1.165) is 5.56 Å². The lowest BCUT2D eigenvalue weighted by molar-refractivity contribution is 0.0697. The second-order valence-electron chi connectivity index (χ2n) is 4.73. The van der Waals surface area contributed by atoms with Crippen LogP contribution < -0.4 is 5.32 Å². The van der Waals surface area contributed by atoms with Crippen molar-refractivity contribution in [2.45, 2.75) is 19.9 Å². The van der Waals surface area contributed by atoms with Gasteiger partial charge in [-0.15, -0.1) is 0 Å². The van der Waals surface area contributed by atoms with E-state index in [9.17, 15) is 9.18 Å². The van der Waals surface area contributed by atoms with Crippen LogP contribution in [0.25, 0.3) is 0 Å². The standard InChI is InChI=1S/C15H14ClFN2O2/c1-8-3-4-10(5-13(8)17)9(2)19-14-6-11(15(20)21)12(16)7-18-14/h3-7,9H,1-2H3,(H,18,19)(H,20,21). The Bertz CT molecular complexity index is 691. The number of rotatable bonds is 4. The third-order valence-electron chi connectivity index (χ3n) is 3.15. The predicted molar refractivity (Wildman–Crippen MR) is 79.4 cm³/mol. The molecule has 6 heteroatoms. The van der Waals surface area contributed by atoms with Gasteiger partial charge in [-0.2, -0.15) is 0 Å². The van der Waals surface area contributed by atoms with Gasteiger partial charge in [0, 0.05) is 6.20 Å². The fourth-order valence-electron chi connectivity index (χ4n) is 1.87. The molecule has 0 spiro atoms. The molecule has 1 heterocycles. The van der Waals surface area contributed by atoms with E-state index in [2.05, 4.69) is 10.3 Å². The summed E-state index contributed by atoms with van der Waals surface area (Å²) in [6.07, 6.45) is 1.27. The van der Waals surface area contributed by atoms with Crippen LogP contribution in [-0.4, -0.2) is 16.1 Å². The number of nitrogens with one attached hydrogen (secondary N) is 1. The second-order valence-corrected chi connectivity index (χ2v) is 5.14. The zero-order chi connectivity index (χ0) is 15.6. The van der Waals surface area contributed by atoms with Gasteiger partial charge in [0.05, 0.1) is 16.6 Å². The third kappa shape index (κ3) is 3.49. The summed E-state index contributed by atoms with van der Waals surface area (Å²) in [5.41, 5.74) is 1.28. The maximum Gasteiger partial charge on any atom is 0.337 e. The number of aryl methyl sites for hydroxylation is 1. The third-order valence-corrected chi connectivity index (χ3v) is 3.45. The van der Waals surface area contributed by atoms with Crippen molar-refractivity contribution in [3.05, 3.63) is 58.0 Å². The molecule has 0 aliphatic heterocycles. The smallest absolute Gasteiger partial charge is 0.337 e. The molecular weight excluding hydrogens is 295 g/mol. The number of carbonyl (C=O) groups is 1. The van der Waals surface area contributed by atoms with Crippen molar-refractivity contribution < 1.29 is 14.3 Å². The summed E-state index contributed by atoms with van der Waals surface area (Å²) in [4.78, 5) is 15.0. The summed E-state index contributed by atoms with van der Waals surface area (Å²) in [7, 11) is 0. The van der Waals surface area contributed by atoms with Crippen LogP contribution >= 0.6 is 11.6 Å². The highest BCUT2D eigenvalue weighted by atomic mass is 35.5. The SMILES string of the molecule is Cc1ccc(C(C)Nc2cc(C(=O)O)c(Cl)cn2)cc1F. The first-order chi connectivity index (χ1) is 9.88. The van der Waals surface area contributed by atoms with Crippen LogP contribution in [0.2, 0.25) is 5.02 Å². The van der Waals surface area contributed by atoms with Crippen molar-refractivity contribution in [3.8, 4) is 0 Å². The van der Waals surface area contributed by atoms with Gasteiger partial charge in [-0.05, 0) is 37.1 Å². The van der Waals surface area contributed by atoms with Gasteiger partial charge in [-0.1, -0.05) is 23.7 Å². The molecule has 4 nitrogen and oxygen atoms in total. The van der Waals surface area contributed by atoms with Gasteiger partial charge < -0.3 is 10.4 Å². The molecule has 0 saturated carbocycles. The summed E-state index contributed by atoms with van der Waals surface area (Å²) >= 11 is 5.76. The number of aromatic nitrogens is 1. The number of aromatic carboxylic acids is 1. The van der Waals surface area contributed by atoms with Gasteiger partial charge in [-0.3, -0.25) is 0 Å². The first-order valence-electron chi connectivity index (χ1n) is 6.30. The topological polar surface area (TPSA) is 62.2 Å². The zero-order valence-corrected chi connectivity index (χ0v) is 12.3. The molecule has 0 amide bonds. The van der Waals surface area contributed by atoms with E-state index in [0.29, 0.717) is 11.4 Å². The van der Waals surface area contributed by atoms with Gasteiger partial charge >= 0.3 is 5.97 Å². The number of carboxylic acids is 1. The van der Waals surface area contributed by atoms with Crippen LogP contribution in [0, 0.1) is 12.7 Å². The van der Waals surface area contributed by atoms with Crippen LogP contribution in [0.3, 0.4) is 0 Å². The minimum atomic E-state index is -1.13. The Labute approximate surface area is 126 Å². The molecule has 2 N–H and O–H groups in total. The fraction of sp³-hybridized carbons (Fsp3) is 0.200. The van der Waals surface area contributed by atoms with Crippen LogP contribution in [0.5, 0.6) is 0 Å². The summed E-state index contributed by atoms with van der Waals surface area (Å²) in [6, 6.07) is 6.08. The van der Waals surface area contributed by atoms with Gasteiger partial charge in [0.2, 0.25) is 0 Å². The van der Waals surface area contributed by atoms with E-state index in [1.54, 1.807) is 13.0 Å². The van der Waals surface area contributed by atoms with Gasteiger partial charge in [0.25, 0.3) is 0 Å². The second kappa shape index (κ2) is 6.10. The minimum Gasteiger partial charge on any atom is -0.478 e. The largest absolute Gasteiger partial charge is 0.478 e. The highest BCUT2D eigenvalue weighted by molar-refractivity contribution is 6.33. The van der Waals surface area contributed by atoms with E-state index >= 15 is 0 Å². The summed E-state index contributed by atoms with van der Waals surface area (Å²) in [5, 5.41) is 12.1. The van der Waals surface area contributed by atoms with E-state index in [1.165, 1.54) is 18.3 Å². The van der Waals surface area contributed by atoms with Crippen LogP contribution in [0.4, 0.5) is 10.2 Å². The van der Waals surface area contributed by atoms with Crippen molar-refractivity contribution in [3.63, 3.8) is 0 Å². The molecule has 2 rings (SSSR count).